The second-order valence-electron chi connectivity index (χ2n) is 5.02. The summed E-state index contributed by atoms with van der Waals surface area (Å²) in [5.41, 5.74) is 1.20. The number of benzene rings is 2. The van der Waals surface area contributed by atoms with Crippen molar-refractivity contribution in [2.75, 3.05) is 0 Å². The van der Waals surface area contributed by atoms with Gasteiger partial charge in [-0.2, -0.15) is 13.2 Å². The van der Waals surface area contributed by atoms with Crippen LogP contribution in [0.1, 0.15) is 16.7 Å². The first kappa shape index (κ1) is 15.6. The van der Waals surface area contributed by atoms with Gasteiger partial charge in [-0.15, -0.1) is 0 Å². The van der Waals surface area contributed by atoms with Crippen LogP contribution >= 0.6 is 11.6 Å². The third kappa shape index (κ3) is 3.54. The fourth-order valence-corrected chi connectivity index (χ4v) is 2.44. The molecule has 1 aromatic heterocycles. The number of fused-ring (bicyclic) bond motifs is 1. The van der Waals surface area contributed by atoms with E-state index in [1.165, 1.54) is 6.07 Å². The Balaban J connectivity index is 1.95. The first-order chi connectivity index (χ1) is 10.9. The lowest BCUT2D eigenvalue weighted by Crippen LogP contribution is -2.04. The molecular weight excluding hydrogens is 323 g/mol. The van der Waals surface area contributed by atoms with Crippen LogP contribution in [-0.2, 0) is 6.18 Å². The first-order valence-corrected chi connectivity index (χ1v) is 7.22. The standard InChI is InChI=1S/C18H11ClF3N/c19-17-14(11-13-5-1-2-7-16(13)23-17)9-8-12-4-3-6-15(10-12)18(20,21)22/h1-11H/b9-8+. The lowest BCUT2D eigenvalue weighted by atomic mass is 10.1. The van der Waals surface area contributed by atoms with Gasteiger partial charge in [-0.25, -0.2) is 4.98 Å². The maximum absolute atomic E-state index is 12.7. The van der Waals surface area contributed by atoms with Crippen molar-refractivity contribution < 1.29 is 13.2 Å². The molecule has 1 heterocycles. The van der Waals surface area contributed by atoms with Gasteiger partial charge in [0.1, 0.15) is 5.15 Å². The fraction of sp³-hybridized carbons (Fsp3) is 0.0556. The van der Waals surface area contributed by atoms with Gasteiger partial charge >= 0.3 is 6.18 Å². The Morgan fingerprint density at radius 1 is 0.913 bits per heavy atom. The number of alkyl halides is 3. The van der Waals surface area contributed by atoms with E-state index in [0.29, 0.717) is 16.3 Å². The zero-order chi connectivity index (χ0) is 16.4. The zero-order valence-corrected chi connectivity index (χ0v) is 12.6. The molecule has 0 saturated heterocycles. The van der Waals surface area contributed by atoms with Crippen LogP contribution in [-0.4, -0.2) is 4.98 Å². The Labute approximate surface area is 136 Å². The Kier molecular flexibility index (Phi) is 4.09. The minimum atomic E-state index is -4.36. The molecule has 0 radical (unpaired) electrons. The lowest BCUT2D eigenvalue weighted by molar-refractivity contribution is -0.137. The highest BCUT2D eigenvalue weighted by molar-refractivity contribution is 6.31. The van der Waals surface area contributed by atoms with E-state index in [1.54, 1.807) is 18.2 Å². The third-order valence-electron chi connectivity index (χ3n) is 3.37. The maximum Gasteiger partial charge on any atom is 0.416 e. The van der Waals surface area contributed by atoms with Crippen LogP contribution in [0.5, 0.6) is 0 Å². The van der Waals surface area contributed by atoms with Crippen molar-refractivity contribution in [2.45, 2.75) is 6.18 Å². The van der Waals surface area contributed by atoms with Crippen molar-refractivity contribution in [1.82, 2.24) is 4.98 Å². The molecular formula is C18H11ClF3N. The van der Waals surface area contributed by atoms with E-state index in [0.717, 1.165) is 23.0 Å². The summed E-state index contributed by atoms with van der Waals surface area (Å²) in [5, 5.41) is 1.23. The van der Waals surface area contributed by atoms with Crippen LogP contribution < -0.4 is 0 Å². The summed E-state index contributed by atoms with van der Waals surface area (Å²) in [7, 11) is 0. The van der Waals surface area contributed by atoms with Gasteiger partial charge in [0.05, 0.1) is 11.1 Å². The molecule has 3 rings (SSSR count). The monoisotopic (exact) mass is 333 g/mol. The van der Waals surface area contributed by atoms with Crippen molar-refractivity contribution >= 4 is 34.7 Å². The van der Waals surface area contributed by atoms with Gasteiger partial charge in [-0.1, -0.05) is 54.1 Å². The number of hydrogen-bond acceptors (Lipinski definition) is 1. The molecule has 23 heavy (non-hydrogen) atoms. The smallest absolute Gasteiger partial charge is 0.235 e. The van der Waals surface area contributed by atoms with Gasteiger partial charge < -0.3 is 0 Å². The molecule has 0 N–H and O–H groups in total. The predicted octanol–water partition coefficient (Wildman–Crippen LogP) is 6.08. The van der Waals surface area contributed by atoms with E-state index in [9.17, 15) is 13.2 Å². The highest BCUT2D eigenvalue weighted by Crippen LogP contribution is 2.30. The second-order valence-corrected chi connectivity index (χ2v) is 5.38. The average molecular weight is 334 g/mol. The molecule has 1 nitrogen and oxygen atoms in total. The van der Waals surface area contributed by atoms with E-state index in [1.807, 2.05) is 30.3 Å². The molecule has 0 saturated carbocycles. The van der Waals surface area contributed by atoms with Crippen molar-refractivity contribution in [3.63, 3.8) is 0 Å². The van der Waals surface area contributed by atoms with E-state index in [2.05, 4.69) is 4.98 Å². The number of aromatic nitrogens is 1. The Morgan fingerprint density at radius 2 is 1.70 bits per heavy atom. The van der Waals surface area contributed by atoms with Crippen LogP contribution in [0.3, 0.4) is 0 Å². The fourth-order valence-electron chi connectivity index (χ4n) is 2.23. The quantitative estimate of drug-likeness (QED) is 0.518. The average Bonchev–Trinajstić information content (AvgIpc) is 2.52. The highest BCUT2D eigenvalue weighted by Gasteiger charge is 2.30. The molecule has 0 bridgehead atoms. The zero-order valence-electron chi connectivity index (χ0n) is 11.8. The van der Waals surface area contributed by atoms with E-state index in [4.69, 9.17) is 11.6 Å². The summed E-state index contributed by atoms with van der Waals surface area (Å²) in [5.74, 6) is 0. The highest BCUT2D eigenvalue weighted by atomic mass is 35.5. The minimum absolute atomic E-state index is 0.312. The van der Waals surface area contributed by atoms with Gasteiger partial charge in [-0.3, -0.25) is 0 Å². The van der Waals surface area contributed by atoms with E-state index < -0.39 is 11.7 Å². The summed E-state index contributed by atoms with van der Waals surface area (Å²) in [4.78, 5) is 4.28. The largest absolute Gasteiger partial charge is 0.416 e. The van der Waals surface area contributed by atoms with E-state index in [-0.39, 0.29) is 0 Å². The predicted molar refractivity (Wildman–Crippen MR) is 87.1 cm³/mol. The SMILES string of the molecule is FC(F)(F)c1cccc(/C=C/c2cc3ccccc3nc2Cl)c1. The molecule has 0 aliphatic rings. The van der Waals surface area contributed by atoms with Crippen molar-refractivity contribution in [2.24, 2.45) is 0 Å². The Hall–Kier alpha value is -2.33. The summed E-state index contributed by atoms with van der Waals surface area (Å²) in [6.07, 6.45) is -1.10. The third-order valence-corrected chi connectivity index (χ3v) is 3.68. The van der Waals surface area contributed by atoms with Gasteiger partial charge in [0.25, 0.3) is 0 Å². The lowest BCUT2D eigenvalue weighted by Gasteiger charge is -2.07. The summed E-state index contributed by atoms with van der Waals surface area (Å²) in [6, 6.07) is 14.5. The number of hydrogen-bond donors (Lipinski definition) is 0. The van der Waals surface area contributed by atoms with Gasteiger partial charge in [0.15, 0.2) is 0 Å². The number of para-hydroxylation sites is 1. The molecule has 0 fully saturated rings. The maximum atomic E-state index is 12.7. The summed E-state index contributed by atoms with van der Waals surface area (Å²) < 4.78 is 38.1. The van der Waals surface area contributed by atoms with Crippen molar-refractivity contribution in [1.29, 1.82) is 0 Å². The molecule has 0 unspecified atom stereocenters. The van der Waals surface area contributed by atoms with Crippen LogP contribution in [0.15, 0.2) is 54.6 Å². The summed E-state index contributed by atoms with van der Waals surface area (Å²) in [6.45, 7) is 0. The number of halogens is 4. The minimum Gasteiger partial charge on any atom is -0.235 e. The van der Waals surface area contributed by atoms with Crippen LogP contribution in [0.4, 0.5) is 13.2 Å². The van der Waals surface area contributed by atoms with Crippen molar-refractivity contribution in [3.05, 3.63) is 76.4 Å². The molecule has 116 valence electrons. The van der Waals surface area contributed by atoms with Gasteiger partial charge in [0.2, 0.25) is 0 Å². The molecule has 0 aliphatic heterocycles. The summed E-state index contributed by atoms with van der Waals surface area (Å²) >= 11 is 6.13. The second kappa shape index (κ2) is 6.05. The van der Waals surface area contributed by atoms with Crippen LogP contribution in [0, 0.1) is 0 Å². The van der Waals surface area contributed by atoms with E-state index >= 15 is 0 Å². The topological polar surface area (TPSA) is 12.9 Å². The molecule has 0 aliphatic carbocycles. The molecule has 2 aromatic carbocycles. The molecule has 0 spiro atoms. The Morgan fingerprint density at radius 3 is 2.48 bits per heavy atom. The van der Waals surface area contributed by atoms with Gasteiger partial charge in [0, 0.05) is 10.9 Å². The molecule has 0 amide bonds. The van der Waals surface area contributed by atoms with Crippen LogP contribution in [0.25, 0.3) is 23.1 Å². The first-order valence-electron chi connectivity index (χ1n) is 6.84. The molecule has 0 atom stereocenters. The van der Waals surface area contributed by atoms with Crippen molar-refractivity contribution in [3.8, 4) is 0 Å². The normalized spacial score (nSPS) is 12.2. The number of nitrogens with zero attached hydrogens (tertiary/aromatic N) is 1. The number of rotatable bonds is 2. The van der Waals surface area contributed by atoms with Crippen LogP contribution in [0.2, 0.25) is 5.15 Å². The Bertz CT molecular complexity index is 885. The molecule has 3 aromatic rings. The number of pyridine rings is 1. The van der Waals surface area contributed by atoms with Gasteiger partial charge in [-0.05, 0) is 29.8 Å². The molecule has 5 heteroatoms.